The first-order valence-electron chi connectivity index (χ1n) is 42.0. The van der Waals surface area contributed by atoms with Crippen LogP contribution in [0.2, 0.25) is 0 Å². The summed E-state index contributed by atoms with van der Waals surface area (Å²) < 4.78 is 31.0. The largest absolute Gasteiger partial charge is 0.456 e. The van der Waals surface area contributed by atoms with Crippen molar-refractivity contribution < 1.29 is 13.2 Å². The van der Waals surface area contributed by atoms with Crippen molar-refractivity contribution in [2.24, 2.45) is 0 Å². The van der Waals surface area contributed by atoms with Gasteiger partial charge in [0.05, 0.1) is 0 Å². The number of hydrogen-bond acceptors (Lipinski definition) is 4. The molecule has 0 spiro atoms. The van der Waals surface area contributed by atoms with E-state index in [9.17, 15) is 4.39 Å². The van der Waals surface area contributed by atoms with E-state index < -0.39 is 0 Å². The zero-order valence-electron chi connectivity index (χ0n) is 72.2. The number of halogens is 1. The molecule has 5 heteroatoms. The Morgan fingerprint density at radius 2 is 0.705 bits per heavy atom. The van der Waals surface area contributed by atoms with Gasteiger partial charge in [-0.05, 0) is 229 Å². The maximum Gasteiger partial charge on any atom is 0.143 e. The molecule has 0 saturated carbocycles. The molecule has 22 rings (SSSR count). The molecule has 0 fully saturated rings. The minimum Gasteiger partial charge on any atom is -0.456 e. The van der Waals surface area contributed by atoms with E-state index >= 15 is 0 Å². The predicted octanol–water partition coefficient (Wildman–Crippen LogP) is 35.3. The van der Waals surface area contributed by atoms with Crippen molar-refractivity contribution in [2.75, 3.05) is 0 Å². The van der Waals surface area contributed by atoms with Gasteiger partial charge in [0.15, 0.2) is 0 Å². The first-order chi connectivity index (χ1) is 59.1. The lowest BCUT2D eigenvalue weighted by molar-refractivity contribution is 0.590. The first-order valence-corrected chi connectivity index (χ1v) is 43.6. The van der Waals surface area contributed by atoms with Crippen molar-refractivity contribution in [3.8, 4) is 33.4 Å². The molecule has 0 N–H and O–H groups in total. The molecule has 4 aromatic heterocycles. The van der Waals surface area contributed by atoms with Gasteiger partial charge in [-0.1, -0.05) is 370 Å². The summed E-state index contributed by atoms with van der Waals surface area (Å²) in [5.74, 6) is -0.182. The predicted molar refractivity (Wildman–Crippen MR) is 531 cm³/mol. The van der Waals surface area contributed by atoms with E-state index in [0.29, 0.717) is 0 Å². The second-order valence-electron chi connectivity index (χ2n) is 33.1. The van der Waals surface area contributed by atoms with Crippen LogP contribution in [0.15, 0.2) is 379 Å². The Morgan fingerprint density at radius 1 is 0.238 bits per heavy atom. The molecule has 0 aliphatic heterocycles. The average Bonchev–Trinajstić information content (AvgIpc) is 1.61. The van der Waals surface area contributed by atoms with Gasteiger partial charge in [-0.2, -0.15) is 0 Å². The van der Waals surface area contributed by atoms with E-state index in [4.69, 9.17) is 8.83 Å². The highest BCUT2D eigenvalue weighted by Crippen LogP contribution is 2.43. The molecule has 602 valence electrons. The number of benzene rings is 18. The van der Waals surface area contributed by atoms with Crippen LogP contribution in [-0.4, -0.2) is 0 Å². The Hall–Kier alpha value is -13.3. The van der Waals surface area contributed by atoms with Crippen molar-refractivity contribution in [1.29, 1.82) is 0 Å². The van der Waals surface area contributed by atoms with Crippen molar-refractivity contribution in [3.05, 3.63) is 443 Å². The molecule has 0 radical (unpaired) electrons. The number of fused-ring (bicyclic) bond motifs is 16. The van der Waals surface area contributed by atoms with Crippen LogP contribution in [0.3, 0.4) is 0 Å². The van der Waals surface area contributed by atoms with E-state index in [1.54, 1.807) is 12.1 Å². The molecular weight excluding hydrogens is 1520 g/mol. The fraction of sp³-hybridized carbons (Fsp3) is 0.128. The Bertz CT molecular complexity index is 7120. The van der Waals surface area contributed by atoms with Gasteiger partial charge in [-0.3, -0.25) is 0 Å². The average molecular weight is 1620 g/mol. The normalized spacial score (nSPS) is 11.1. The van der Waals surface area contributed by atoms with Gasteiger partial charge in [0.25, 0.3) is 0 Å². The Kier molecular flexibility index (Phi) is 25.8. The van der Waals surface area contributed by atoms with Gasteiger partial charge in [0.1, 0.15) is 28.1 Å². The van der Waals surface area contributed by atoms with Gasteiger partial charge in [0, 0.05) is 67.5 Å². The summed E-state index contributed by atoms with van der Waals surface area (Å²) in [6, 6.07) is 129. The van der Waals surface area contributed by atoms with Crippen molar-refractivity contribution >= 4 is 139 Å². The monoisotopic (exact) mass is 1620 g/mol. The SMILES string of the molecule is Cc1cc(C)c(C)c(C)c1.Cc1cc(F)cc(-c2cccc3ccccc23)c1.Cc1ccc(C(C)(C)C)cc1.Cc1ccc2c(ccc3ccccc32)c1.Cc1ccc2oc3ccccc3c2c1.Cc1ccc2sc3ccccc3c2c1.Cc1cccc2c1oc1c(-c3ccccc3)cccc12.Cc1cccc2c1sc1c(-c3ccccc3)cccc12. The molecule has 0 bridgehead atoms. The molecule has 0 atom stereocenters. The van der Waals surface area contributed by atoms with Crippen molar-refractivity contribution in [2.45, 2.75) is 102 Å². The number of para-hydroxylation sites is 3. The topological polar surface area (TPSA) is 26.3 Å². The number of thiophene rings is 2. The zero-order chi connectivity index (χ0) is 85.1. The maximum absolute atomic E-state index is 13.5. The highest BCUT2D eigenvalue weighted by atomic mass is 32.1. The molecule has 0 aliphatic rings. The van der Waals surface area contributed by atoms with Crippen LogP contribution in [0.5, 0.6) is 0 Å². The molecule has 2 nitrogen and oxygen atoms in total. The molecule has 122 heavy (non-hydrogen) atoms. The zero-order valence-corrected chi connectivity index (χ0v) is 73.9. The third kappa shape index (κ3) is 19.3. The van der Waals surface area contributed by atoms with Gasteiger partial charge < -0.3 is 8.83 Å². The first kappa shape index (κ1) is 83.8. The minimum absolute atomic E-state index is 0.182. The second-order valence-corrected chi connectivity index (χ2v) is 35.2. The molecule has 4 heterocycles. The fourth-order valence-corrected chi connectivity index (χ4v) is 18.5. The van der Waals surface area contributed by atoms with Crippen LogP contribution in [0.1, 0.15) is 87.5 Å². The van der Waals surface area contributed by atoms with Crippen LogP contribution < -0.4 is 0 Å². The second kappa shape index (κ2) is 37.6. The Balaban J connectivity index is 0.000000109. The lowest BCUT2D eigenvalue weighted by Gasteiger charge is -2.18. The summed E-state index contributed by atoms with van der Waals surface area (Å²) in [5, 5.41) is 18.0. The molecule has 0 unspecified atom stereocenters. The molecule has 0 amide bonds. The number of aryl methyl sites for hydroxylation is 10. The molecular formula is C117H103FO2S2. The van der Waals surface area contributed by atoms with Crippen LogP contribution in [-0.2, 0) is 5.41 Å². The van der Waals surface area contributed by atoms with Crippen LogP contribution in [0.25, 0.3) is 150 Å². The lowest BCUT2D eigenvalue weighted by Crippen LogP contribution is -2.10. The molecule has 22 aromatic rings. The standard InChI is InChI=1S/C19H14O.C19H14S.C17H13F.C15H12.C13H10O.C13H10S.C11H16.C10H14/c2*1-13-7-5-11-16-17-12-6-10-15(19(17)20-18(13)16)14-8-3-2-4-9-14;1-12-9-14(11-15(18)10-12)17-8-4-6-13-5-2-3-7-16(13)17;1-11-6-9-15-13(10-11)8-7-12-4-2-3-5-14(12)15;2*1-9-6-7-13-11(8-9)10-4-2-3-5-12(10)14-13;1-9-5-7-10(8-6-9)11(2,3)4;1-7-5-8(2)10(4)9(3)6-7/h2*2-12H,1H3;2-11H,1H3;2-10H,1H3;2*2-8H,1H3;5-8H,1-4H3;5-6H,1-4H3. The number of furan rings is 2. The van der Waals surface area contributed by atoms with Gasteiger partial charge in [0.2, 0.25) is 0 Å². The quantitative estimate of drug-likeness (QED) is 0.165. The fourth-order valence-electron chi connectivity index (χ4n) is 16.1. The molecule has 0 saturated heterocycles. The Morgan fingerprint density at radius 3 is 1.39 bits per heavy atom. The van der Waals surface area contributed by atoms with E-state index in [-0.39, 0.29) is 11.2 Å². The van der Waals surface area contributed by atoms with Crippen LogP contribution in [0, 0.1) is 82.0 Å². The van der Waals surface area contributed by atoms with Gasteiger partial charge in [-0.25, -0.2) is 4.39 Å². The summed E-state index contributed by atoms with van der Waals surface area (Å²) in [6.07, 6.45) is 0. The van der Waals surface area contributed by atoms with Crippen molar-refractivity contribution in [3.63, 3.8) is 0 Å². The molecule has 18 aromatic carbocycles. The summed E-state index contributed by atoms with van der Waals surface area (Å²) in [6.45, 7) is 30.0. The Labute approximate surface area is 725 Å². The maximum atomic E-state index is 13.5. The van der Waals surface area contributed by atoms with Crippen LogP contribution >= 0.6 is 22.7 Å². The van der Waals surface area contributed by atoms with Crippen molar-refractivity contribution in [1.82, 2.24) is 0 Å². The van der Waals surface area contributed by atoms with Crippen LogP contribution in [0.4, 0.5) is 4.39 Å². The van der Waals surface area contributed by atoms with E-state index in [1.165, 1.54) is 167 Å². The summed E-state index contributed by atoms with van der Waals surface area (Å²) in [4.78, 5) is 0. The minimum atomic E-state index is -0.182. The smallest absolute Gasteiger partial charge is 0.143 e. The third-order valence-corrected chi connectivity index (χ3v) is 25.3. The third-order valence-electron chi connectivity index (χ3n) is 22.7. The lowest BCUT2D eigenvalue weighted by atomic mass is 9.87. The number of hydrogen-bond donors (Lipinski definition) is 0. The summed E-state index contributed by atoms with van der Waals surface area (Å²) in [7, 11) is 0. The van der Waals surface area contributed by atoms with E-state index in [1.807, 2.05) is 90.3 Å². The number of rotatable bonds is 3. The summed E-state index contributed by atoms with van der Waals surface area (Å²) >= 11 is 3.78. The molecule has 0 aliphatic carbocycles. The van der Waals surface area contributed by atoms with Gasteiger partial charge in [-0.15, -0.1) is 22.7 Å². The van der Waals surface area contributed by atoms with Gasteiger partial charge >= 0.3 is 0 Å². The highest BCUT2D eigenvalue weighted by molar-refractivity contribution is 7.26. The van der Waals surface area contributed by atoms with E-state index in [0.717, 1.165) is 50.0 Å². The highest BCUT2D eigenvalue weighted by Gasteiger charge is 2.16. The van der Waals surface area contributed by atoms with E-state index in [2.05, 4.69) is 387 Å². The summed E-state index contributed by atoms with van der Waals surface area (Å²) in [5.41, 5.74) is 26.9.